The number of hydrogen-bond donors (Lipinski definition) is 1. The summed E-state index contributed by atoms with van der Waals surface area (Å²) >= 11 is 4.97. The van der Waals surface area contributed by atoms with E-state index in [9.17, 15) is 0 Å². The van der Waals surface area contributed by atoms with E-state index in [1.54, 1.807) is 4.57 Å². The molecule has 3 rings (SSSR count). The molecule has 17 heavy (non-hydrogen) atoms. The fourth-order valence-electron chi connectivity index (χ4n) is 1.71. The molecule has 0 aliphatic rings. The number of rotatable bonds is 2. The summed E-state index contributed by atoms with van der Waals surface area (Å²) in [5.74, 6) is 0. The average molecular weight is 243 g/mol. The van der Waals surface area contributed by atoms with E-state index >= 15 is 0 Å². The van der Waals surface area contributed by atoms with Crippen molar-refractivity contribution >= 4 is 28.3 Å². The molecular weight excluding hydrogens is 234 g/mol. The number of nitrogens with two attached hydrogens (primary N) is 1. The third kappa shape index (κ3) is 1.60. The van der Waals surface area contributed by atoms with E-state index in [4.69, 9.17) is 22.4 Å². The van der Waals surface area contributed by atoms with Crippen LogP contribution in [-0.2, 0) is 0 Å². The van der Waals surface area contributed by atoms with Gasteiger partial charge in [0.2, 0.25) is 0 Å². The summed E-state index contributed by atoms with van der Waals surface area (Å²) in [6.45, 7) is 0. The van der Waals surface area contributed by atoms with E-state index in [1.165, 1.54) is 0 Å². The number of hydrogen-bond acceptors (Lipinski definition) is 3. The average Bonchev–Trinajstić information content (AvgIpc) is 2.95. The SMILES string of the molecule is NC(=S)c1cccn1-c1nc2ccccc2o1. The second-order valence-electron chi connectivity index (χ2n) is 3.59. The van der Waals surface area contributed by atoms with Crippen molar-refractivity contribution in [3.63, 3.8) is 0 Å². The summed E-state index contributed by atoms with van der Waals surface area (Å²) in [6.07, 6.45) is 1.82. The molecule has 0 saturated heterocycles. The van der Waals surface area contributed by atoms with Gasteiger partial charge in [-0.05, 0) is 24.3 Å². The van der Waals surface area contributed by atoms with Crippen LogP contribution in [0.1, 0.15) is 5.69 Å². The Labute approximate surface area is 103 Å². The van der Waals surface area contributed by atoms with Gasteiger partial charge in [0.05, 0.1) is 5.69 Å². The summed E-state index contributed by atoms with van der Waals surface area (Å²) in [4.78, 5) is 4.70. The maximum Gasteiger partial charge on any atom is 0.307 e. The van der Waals surface area contributed by atoms with Gasteiger partial charge in [-0.2, -0.15) is 4.98 Å². The topological polar surface area (TPSA) is 57.0 Å². The van der Waals surface area contributed by atoms with Gasteiger partial charge in [0.15, 0.2) is 5.58 Å². The standard InChI is InChI=1S/C12H9N3OS/c13-11(17)9-5-3-7-15(9)12-14-8-4-1-2-6-10(8)16-12/h1-7H,(H2,13,17). The lowest BCUT2D eigenvalue weighted by molar-refractivity contribution is 0.564. The zero-order valence-corrected chi connectivity index (χ0v) is 9.65. The molecule has 2 N–H and O–H groups in total. The summed E-state index contributed by atoms with van der Waals surface area (Å²) in [5.41, 5.74) is 7.90. The molecule has 0 fully saturated rings. The van der Waals surface area contributed by atoms with Crippen LogP contribution in [0.5, 0.6) is 0 Å². The van der Waals surface area contributed by atoms with Crippen molar-refractivity contribution in [3.05, 3.63) is 48.3 Å². The van der Waals surface area contributed by atoms with E-state index in [0.717, 1.165) is 11.1 Å². The molecule has 0 radical (unpaired) electrons. The van der Waals surface area contributed by atoms with Gasteiger partial charge in [0.25, 0.3) is 0 Å². The van der Waals surface area contributed by atoms with Crippen LogP contribution < -0.4 is 5.73 Å². The Bertz CT molecular complexity index is 665. The fraction of sp³-hybridized carbons (Fsp3) is 0. The van der Waals surface area contributed by atoms with E-state index in [2.05, 4.69) is 4.98 Å². The Morgan fingerprint density at radius 2 is 2.06 bits per heavy atom. The second-order valence-corrected chi connectivity index (χ2v) is 4.03. The maximum atomic E-state index is 5.64. The monoisotopic (exact) mass is 243 g/mol. The molecule has 0 aliphatic heterocycles. The summed E-state index contributed by atoms with van der Waals surface area (Å²) in [5, 5.41) is 0. The first-order valence-corrected chi connectivity index (χ1v) is 5.49. The van der Waals surface area contributed by atoms with Gasteiger partial charge < -0.3 is 10.2 Å². The zero-order chi connectivity index (χ0) is 11.8. The predicted molar refractivity (Wildman–Crippen MR) is 69.2 cm³/mol. The van der Waals surface area contributed by atoms with Crippen LogP contribution in [0.15, 0.2) is 47.0 Å². The molecule has 0 bridgehead atoms. The Morgan fingerprint density at radius 3 is 2.82 bits per heavy atom. The minimum absolute atomic E-state index is 0.317. The van der Waals surface area contributed by atoms with Crippen LogP contribution in [0.2, 0.25) is 0 Å². The molecule has 0 unspecified atom stereocenters. The third-order valence-corrected chi connectivity index (χ3v) is 2.70. The van der Waals surface area contributed by atoms with Gasteiger partial charge in [-0.25, -0.2) is 0 Å². The van der Waals surface area contributed by atoms with E-state index in [-0.39, 0.29) is 0 Å². The van der Waals surface area contributed by atoms with Crippen molar-refractivity contribution in [2.75, 3.05) is 0 Å². The number of oxazole rings is 1. The minimum Gasteiger partial charge on any atom is -0.423 e. The van der Waals surface area contributed by atoms with Gasteiger partial charge in [-0.15, -0.1) is 0 Å². The van der Waals surface area contributed by atoms with Crippen molar-refractivity contribution in [2.45, 2.75) is 0 Å². The Morgan fingerprint density at radius 1 is 1.24 bits per heavy atom. The predicted octanol–water partition coefficient (Wildman–Crippen LogP) is 2.25. The van der Waals surface area contributed by atoms with Crippen LogP contribution in [0.25, 0.3) is 17.1 Å². The molecule has 0 amide bonds. The minimum atomic E-state index is 0.317. The van der Waals surface area contributed by atoms with Gasteiger partial charge in [0.1, 0.15) is 10.5 Å². The quantitative estimate of drug-likeness (QED) is 0.701. The van der Waals surface area contributed by atoms with E-state index in [1.807, 2.05) is 42.6 Å². The molecule has 0 saturated carbocycles. The van der Waals surface area contributed by atoms with E-state index < -0.39 is 0 Å². The van der Waals surface area contributed by atoms with Crippen LogP contribution in [0, 0.1) is 0 Å². The molecule has 0 spiro atoms. The molecule has 3 aromatic rings. The number of fused-ring (bicyclic) bond motifs is 1. The Balaban J connectivity index is 2.20. The molecule has 2 aromatic heterocycles. The largest absolute Gasteiger partial charge is 0.423 e. The van der Waals surface area contributed by atoms with Gasteiger partial charge >= 0.3 is 6.01 Å². The van der Waals surface area contributed by atoms with Crippen LogP contribution in [-0.4, -0.2) is 14.5 Å². The van der Waals surface area contributed by atoms with Crippen LogP contribution >= 0.6 is 12.2 Å². The molecule has 0 aliphatic carbocycles. The van der Waals surface area contributed by atoms with Crippen molar-refractivity contribution in [3.8, 4) is 6.01 Å². The molecule has 2 heterocycles. The van der Waals surface area contributed by atoms with Crippen molar-refractivity contribution in [1.82, 2.24) is 9.55 Å². The number of thiocarbonyl (C=S) groups is 1. The smallest absolute Gasteiger partial charge is 0.307 e. The van der Waals surface area contributed by atoms with Gasteiger partial charge in [-0.3, -0.25) is 4.57 Å². The Hall–Kier alpha value is -2.14. The summed E-state index contributed by atoms with van der Waals surface area (Å²) in [7, 11) is 0. The summed E-state index contributed by atoms with van der Waals surface area (Å²) in [6, 6.07) is 11.7. The fourth-order valence-corrected chi connectivity index (χ4v) is 1.88. The lowest BCUT2D eigenvalue weighted by Gasteiger charge is -2.01. The second kappa shape index (κ2) is 3.71. The molecule has 4 nitrogen and oxygen atoms in total. The molecule has 1 aromatic carbocycles. The highest BCUT2D eigenvalue weighted by Gasteiger charge is 2.11. The van der Waals surface area contributed by atoms with Crippen molar-refractivity contribution < 1.29 is 4.42 Å². The number of nitrogens with zero attached hydrogens (tertiary/aromatic N) is 2. The molecule has 0 atom stereocenters. The van der Waals surface area contributed by atoms with Crippen molar-refractivity contribution in [2.24, 2.45) is 5.73 Å². The van der Waals surface area contributed by atoms with Crippen LogP contribution in [0.4, 0.5) is 0 Å². The highest BCUT2D eigenvalue weighted by Crippen LogP contribution is 2.19. The number of para-hydroxylation sites is 2. The zero-order valence-electron chi connectivity index (χ0n) is 8.83. The Kier molecular flexibility index (Phi) is 2.19. The lowest BCUT2D eigenvalue weighted by Crippen LogP contribution is -2.14. The maximum absolute atomic E-state index is 5.64. The molecule has 84 valence electrons. The highest BCUT2D eigenvalue weighted by molar-refractivity contribution is 7.80. The first-order valence-electron chi connectivity index (χ1n) is 5.09. The van der Waals surface area contributed by atoms with Crippen molar-refractivity contribution in [1.29, 1.82) is 0 Å². The first-order chi connectivity index (χ1) is 8.25. The van der Waals surface area contributed by atoms with Gasteiger partial charge in [-0.1, -0.05) is 24.4 Å². The highest BCUT2D eigenvalue weighted by atomic mass is 32.1. The number of benzene rings is 1. The summed E-state index contributed by atoms with van der Waals surface area (Å²) < 4.78 is 7.38. The molecule has 5 heteroatoms. The number of aromatic nitrogens is 2. The normalized spacial score (nSPS) is 10.8. The first kappa shape index (κ1) is 10.0. The lowest BCUT2D eigenvalue weighted by atomic mass is 10.3. The van der Waals surface area contributed by atoms with Gasteiger partial charge in [0, 0.05) is 6.20 Å². The van der Waals surface area contributed by atoms with E-state index in [0.29, 0.717) is 16.7 Å². The molecular formula is C12H9N3OS. The third-order valence-electron chi connectivity index (χ3n) is 2.49. The van der Waals surface area contributed by atoms with Crippen LogP contribution in [0.3, 0.4) is 0 Å².